The quantitative estimate of drug-likeness (QED) is 0.621. The number of piperidine rings is 1. The van der Waals surface area contributed by atoms with Gasteiger partial charge in [0.15, 0.2) is 0 Å². The fraction of sp³-hybridized carbons (Fsp3) is 0.333. The third-order valence-corrected chi connectivity index (χ3v) is 5.67. The van der Waals surface area contributed by atoms with Gasteiger partial charge in [-0.3, -0.25) is 9.69 Å². The predicted octanol–water partition coefficient (Wildman–Crippen LogP) is 4.61. The van der Waals surface area contributed by atoms with E-state index in [1.807, 2.05) is 30.3 Å². The fourth-order valence-corrected chi connectivity index (χ4v) is 3.73. The van der Waals surface area contributed by atoms with Gasteiger partial charge in [-0.15, -0.1) is 0 Å². The Morgan fingerprint density at radius 3 is 2.59 bits per heavy atom. The summed E-state index contributed by atoms with van der Waals surface area (Å²) in [5.41, 5.74) is 1.24. The van der Waals surface area contributed by atoms with Crippen molar-refractivity contribution in [2.75, 3.05) is 30.3 Å². The second-order valence-electron chi connectivity index (χ2n) is 6.97. The lowest BCUT2D eigenvalue weighted by molar-refractivity contribution is -0.118. The molecule has 2 aromatic rings. The van der Waals surface area contributed by atoms with Crippen LogP contribution in [0.3, 0.4) is 0 Å². The summed E-state index contributed by atoms with van der Waals surface area (Å²) in [6, 6.07) is 14.3. The Morgan fingerprint density at radius 1 is 1.00 bits per heavy atom. The van der Waals surface area contributed by atoms with Gasteiger partial charge in [-0.05, 0) is 43.7 Å². The summed E-state index contributed by atoms with van der Waals surface area (Å²) in [4.78, 5) is 26.8. The molecule has 0 aliphatic carbocycles. The molecule has 3 amide bonds. The summed E-state index contributed by atoms with van der Waals surface area (Å²) in [7, 11) is 0. The molecule has 1 saturated heterocycles. The number of urea groups is 1. The second kappa shape index (κ2) is 10.5. The molecule has 3 rings (SSSR count). The number of amides is 3. The first-order chi connectivity index (χ1) is 14.0. The standard InChI is InChI=1S/C21H24Cl2N4O2/c22-17-10-6-11-18(20(17)23)26-19(28)14-27-12-5-4-9-16(27)13-24-21(29)25-15-7-2-1-3-8-15/h1-3,6-8,10-11,16H,4-5,9,12-14H2,(H,26,28)(H2,24,25,29)/t16-/m1/s1. The van der Waals surface area contributed by atoms with Gasteiger partial charge < -0.3 is 16.0 Å². The van der Waals surface area contributed by atoms with Crippen LogP contribution in [0.4, 0.5) is 16.2 Å². The molecule has 0 bridgehead atoms. The van der Waals surface area contributed by atoms with Crippen LogP contribution in [0.25, 0.3) is 0 Å². The molecule has 0 spiro atoms. The van der Waals surface area contributed by atoms with E-state index in [9.17, 15) is 9.59 Å². The Balaban J connectivity index is 1.51. The summed E-state index contributed by atoms with van der Waals surface area (Å²) in [6.45, 7) is 1.52. The zero-order chi connectivity index (χ0) is 20.6. The van der Waals surface area contributed by atoms with Crippen LogP contribution in [0.15, 0.2) is 48.5 Å². The number of hydrogen-bond donors (Lipinski definition) is 3. The molecule has 1 atom stereocenters. The first kappa shape index (κ1) is 21.4. The molecule has 29 heavy (non-hydrogen) atoms. The Hall–Kier alpha value is -2.28. The van der Waals surface area contributed by atoms with Gasteiger partial charge in [0.05, 0.1) is 22.3 Å². The molecule has 154 valence electrons. The molecule has 8 heteroatoms. The number of likely N-dealkylation sites (tertiary alicyclic amines) is 1. The minimum atomic E-state index is -0.253. The van der Waals surface area contributed by atoms with Crippen LogP contribution in [0.2, 0.25) is 10.0 Å². The third-order valence-electron chi connectivity index (χ3n) is 4.85. The van der Waals surface area contributed by atoms with Crippen molar-refractivity contribution in [2.45, 2.75) is 25.3 Å². The molecule has 0 saturated carbocycles. The van der Waals surface area contributed by atoms with E-state index in [2.05, 4.69) is 20.9 Å². The molecule has 1 fully saturated rings. The van der Waals surface area contributed by atoms with Gasteiger partial charge in [0.2, 0.25) is 5.91 Å². The van der Waals surface area contributed by atoms with E-state index in [0.29, 0.717) is 22.3 Å². The maximum Gasteiger partial charge on any atom is 0.319 e. The molecule has 1 aliphatic rings. The average molecular weight is 435 g/mol. The lowest BCUT2D eigenvalue weighted by atomic mass is 10.0. The zero-order valence-corrected chi connectivity index (χ0v) is 17.5. The van der Waals surface area contributed by atoms with Gasteiger partial charge in [0, 0.05) is 18.3 Å². The Bertz CT molecular complexity index is 848. The lowest BCUT2D eigenvalue weighted by Crippen LogP contribution is -2.49. The van der Waals surface area contributed by atoms with E-state index in [4.69, 9.17) is 23.2 Å². The Kier molecular flexibility index (Phi) is 7.75. The van der Waals surface area contributed by atoms with E-state index < -0.39 is 0 Å². The molecular weight excluding hydrogens is 411 g/mol. The minimum absolute atomic E-state index is 0.103. The minimum Gasteiger partial charge on any atom is -0.336 e. The molecule has 0 aromatic heterocycles. The topological polar surface area (TPSA) is 73.5 Å². The lowest BCUT2D eigenvalue weighted by Gasteiger charge is -2.35. The van der Waals surface area contributed by atoms with Crippen molar-refractivity contribution in [2.24, 2.45) is 0 Å². The van der Waals surface area contributed by atoms with Gasteiger partial charge in [0.1, 0.15) is 0 Å². The number of carbonyl (C=O) groups is 2. The Labute approximate surface area is 180 Å². The molecule has 0 unspecified atom stereocenters. The highest BCUT2D eigenvalue weighted by Crippen LogP contribution is 2.29. The summed E-state index contributed by atoms with van der Waals surface area (Å²) < 4.78 is 0. The van der Waals surface area contributed by atoms with Crippen molar-refractivity contribution in [1.29, 1.82) is 0 Å². The van der Waals surface area contributed by atoms with Crippen LogP contribution >= 0.6 is 23.2 Å². The molecule has 1 heterocycles. The number of carbonyl (C=O) groups excluding carboxylic acids is 2. The van der Waals surface area contributed by atoms with Crippen LogP contribution in [-0.2, 0) is 4.79 Å². The largest absolute Gasteiger partial charge is 0.336 e. The first-order valence-corrected chi connectivity index (χ1v) is 10.4. The molecule has 6 nitrogen and oxygen atoms in total. The van der Waals surface area contributed by atoms with Crippen LogP contribution in [-0.4, -0.2) is 42.5 Å². The molecular formula is C21H24Cl2N4O2. The SMILES string of the molecule is O=C(CN1CCCC[C@@H]1CNC(=O)Nc1ccccc1)Nc1cccc(Cl)c1Cl. The van der Waals surface area contributed by atoms with E-state index in [-0.39, 0.29) is 24.5 Å². The van der Waals surface area contributed by atoms with E-state index in [0.717, 1.165) is 31.5 Å². The monoisotopic (exact) mass is 434 g/mol. The molecule has 3 N–H and O–H groups in total. The number of benzene rings is 2. The number of nitrogens with one attached hydrogen (secondary N) is 3. The summed E-state index contributed by atoms with van der Waals surface area (Å²) in [5.74, 6) is -0.158. The van der Waals surface area contributed by atoms with Gasteiger partial charge >= 0.3 is 6.03 Å². The highest BCUT2D eigenvalue weighted by atomic mass is 35.5. The van der Waals surface area contributed by atoms with Crippen LogP contribution in [0, 0.1) is 0 Å². The molecule has 0 radical (unpaired) electrons. The number of halogens is 2. The Morgan fingerprint density at radius 2 is 1.79 bits per heavy atom. The van der Waals surface area contributed by atoms with Gasteiger partial charge in [0.25, 0.3) is 0 Å². The second-order valence-corrected chi connectivity index (χ2v) is 7.76. The number of nitrogens with zero attached hydrogens (tertiary/aromatic N) is 1. The van der Waals surface area contributed by atoms with Crippen LogP contribution in [0.5, 0.6) is 0 Å². The first-order valence-electron chi connectivity index (χ1n) is 9.61. The van der Waals surface area contributed by atoms with Crippen molar-refractivity contribution >= 4 is 46.5 Å². The summed E-state index contributed by atoms with van der Waals surface area (Å²) >= 11 is 12.1. The van der Waals surface area contributed by atoms with E-state index in [1.54, 1.807) is 18.2 Å². The van der Waals surface area contributed by atoms with Gasteiger partial charge in [-0.25, -0.2) is 4.79 Å². The predicted molar refractivity (Wildman–Crippen MR) is 118 cm³/mol. The number of rotatable bonds is 6. The van der Waals surface area contributed by atoms with Crippen LogP contribution < -0.4 is 16.0 Å². The fourth-order valence-electron chi connectivity index (χ4n) is 3.38. The highest BCUT2D eigenvalue weighted by Gasteiger charge is 2.25. The zero-order valence-electron chi connectivity index (χ0n) is 16.0. The van der Waals surface area contributed by atoms with Crippen molar-refractivity contribution in [3.63, 3.8) is 0 Å². The van der Waals surface area contributed by atoms with Crippen molar-refractivity contribution < 1.29 is 9.59 Å². The van der Waals surface area contributed by atoms with Crippen LogP contribution in [0.1, 0.15) is 19.3 Å². The third kappa shape index (κ3) is 6.35. The number of para-hydroxylation sites is 1. The summed E-state index contributed by atoms with van der Waals surface area (Å²) in [6.07, 6.45) is 3.03. The molecule has 1 aliphatic heterocycles. The highest BCUT2D eigenvalue weighted by molar-refractivity contribution is 6.44. The number of hydrogen-bond acceptors (Lipinski definition) is 3. The van der Waals surface area contributed by atoms with E-state index in [1.165, 1.54) is 0 Å². The number of anilines is 2. The maximum absolute atomic E-state index is 12.5. The van der Waals surface area contributed by atoms with Crippen molar-refractivity contribution in [3.8, 4) is 0 Å². The van der Waals surface area contributed by atoms with Gasteiger partial charge in [-0.1, -0.05) is 53.9 Å². The average Bonchev–Trinajstić information content (AvgIpc) is 2.71. The normalized spacial score (nSPS) is 16.8. The molecule has 2 aromatic carbocycles. The maximum atomic E-state index is 12.5. The summed E-state index contributed by atoms with van der Waals surface area (Å²) in [5, 5.41) is 9.26. The van der Waals surface area contributed by atoms with E-state index >= 15 is 0 Å². The van der Waals surface area contributed by atoms with Crippen molar-refractivity contribution in [3.05, 3.63) is 58.6 Å². The van der Waals surface area contributed by atoms with Gasteiger partial charge in [-0.2, -0.15) is 0 Å². The smallest absolute Gasteiger partial charge is 0.319 e. The van der Waals surface area contributed by atoms with Crippen molar-refractivity contribution in [1.82, 2.24) is 10.2 Å².